The van der Waals surface area contributed by atoms with Gasteiger partial charge in [0, 0.05) is 19.5 Å². The van der Waals surface area contributed by atoms with Gasteiger partial charge in [0.2, 0.25) is 0 Å². The first-order valence-corrected chi connectivity index (χ1v) is 20.3. The van der Waals surface area contributed by atoms with E-state index in [0.29, 0.717) is 32.5 Å². The van der Waals surface area contributed by atoms with Gasteiger partial charge < -0.3 is 48.5 Å². The van der Waals surface area contributed by atoms with Gasteiger partial charge in [-0.3, -0.25) is 9.59 Å². The molecule has 2 N–H and O–H groups in total. The van der Waals surface area contributed by atoms with Crippen LogP contribution in [0.25, 0.3) is 0 Å². The van der Waals surface area contributed by atoms with Crippen LogP contribution in [-0.4, -0.2) is 114 Å². The van der Waals surface area contributed by atoms with Gasteiger partial charge in [-0.1, -0.05) is 55.4 Å². The van der Waals surface area contributed by atoms with Crippen molar-refractivity contribution in [3.63, 3.8) is 0 Å². The van der Waals surface area contributed by atoms with E-state index < -0.39 is 46.7 Å². The van der Waals surface area contributed by atoms with E-state index in [2.05, 4.69) is 31.4 Å². The standard InChI is InChI=1S/C42H80N2O12/c1-16-41(13,14)54-26-27-55-42(15,17-2)18-21-51-35(47)43-19-22-49-24-25-50-23-20-44-36(48)53-29-32(56-34(46)40(11,12)31-38(6,7)8)28-52-33(45)39(9,10)30-37(3,4)5/h32H,16-31H2,1-15H3,(H,43,47)(H,44,48)/t32-,42?/m1/s1. The van der Waals surface area contributed by atoms with Crippen molar-refractivity contribution in [1.82, 2.24) is 10.6 Å². The van der Waals surface area contributed by atoms with Crippen LogP contribution in [0.2, 0.25) is 0 Å². The molecule has 330 valence electrons. The van der Waals surface area contributed by atoms with Gasteiger partial charge in [-0.2, -0.15) is 0 Å². The maximum atomic E-state index is 13.2. The first-order chi connectivity index (χ1) is 25.7. The van der Waals surface area contributed by atoms with E-state index in [1.165, 1.54) is 0 Å². The average Bonchev–Trinajstić information content (AvgIpc) is 3.06. The topological polar surface area (TPSA) is 166 Å². The molecule has 0 fully saturated rings. The van der Waals surface area contributed by atoms with Crippen LogP contribution in [0.1, 0.15) is 136 Å². The molecule has 14 heteroatoms. The van der Waals surface area contributed by atoms with E-state index in [1.807, 2.05) is 69.2 Å². The van der Waals surface area contributed by atoms with Crippen LogP contribution in [0.4, 0.5) is 9.59 Å². The Balaban J connectivity index is 4.48. The Morgan fingerprint density at radius 1 is 0.518 bits per heavy atom. The van der Waals surface area contributed by atoms with Gasteiger partial charge in [-0.15, -0.1) is 0 Å². The molecular formula is C42H80N2O12. The molecule has 0 bridgehead atoms. The number of esters is 2. The average molecular weight is 805 g/mol. The van der Waals surface area contributed by atoms with Crippen LogP contribution in [0.3, 0.4) is 0 Å². The summed E-state index contributed by atoms with van der Waals surface area (Å²) in [6.07, 6.45) is 1.17. The second-order valence-electron chi connectivity index (χ2n) is 19.0. The Bertz CT molecular complexity index is 1160. The van der Waals surface area contributed by atoms with Gasteiger partial charge in [0.25, 0.3) is 0 Å². The molecule has 0 aliphatic carbocycles. The molecule has 56 heavy (non-hydrogen) atoms. The normalized spacial score (nSPS) is 14.3. The molecule has 0 radical (unpaired) electrons. The van der Waals surface area contributed by atoms with Crippen molar-refractivity contribution in [3.8, 4) is 0 Å². The van der Waals surface area contributed by atoms with Gasteiger partial charge >= 0.3 is 24.1 Å². The van der Waals surface area contributed by atoms with Crippen molar-refractivity contribution in [2.75, 3.05) is 72.6 Å². The summed E-state index contributed by atoms with van der Waals surface area (Å²) in [7, 11) is 0. The van der Waals surface area contributed by atoms with Gasteiger partial charge in [0.1, 0.15) is 13.2 Å². The zero-order valence-electron chi connectivity index (χ0n) is 37.8. The Morgan fingerprint density at radius 2 is 0.982 bits per heavy atom. The van der Waals surface area contributed by atoms with Crippen molar-refractivity contribution in [2.24, 2.45) is 21.7 Å². The third kappa shape index (κ3) is 26.3. The zero-order valence-corrected chi connectivity index (χ0v) is 37.8. The largest absolute Gasteiger partial charge is 0.461 e. The molecule has 0 aliphatic heterocycles. The van der Waals surface area contributed by atoms with Gasteiger partial charge in [-0.05, 0) is 85.0 Å². The highest BCUT2D eigenvalue weighted by molar-refractivity contribution is 5.77. The maximum absolute atomic E-state index is 13.2. The SMILES string of the molecule is CCC(C)(C)OCCOC(C)(CC)CCOC(=O)NCCOCCOCCNC(=O)OC[C@@H](COC(=O)C(C)(C)CC(C)(C)C)OC(=O)C(C)(C)CC(C)(C)C. The predicted molar refractivity (Wildman–Crippen MR) is 216 cm³/mol. The highest BCUT2D eigenvalue weighted by atomic mass is 16.6. The summed E-state index contributed by atoms with van der Waals surface area (Å²) < 4.78 is 44.9. The fourth-order valence-corrected chi connectivity index (χ4v) is 6.05. The van der Waals surface area contributed by atoms with Crippen LogP contribution in [0, 0.1) is 21.7 Å². The van der Waals surface area contributed by atoms with Gasteiger partial charge in [0.15, 0.2) is 6.10 Å². The van der Waals surface area contributed by atoms with E-state index >= 15 is 0 Å². The molecule has 2 atom stereocenters. The first-order valence-electron chi connectivity index (χ1n) is 20.3. The van der Waals surface area contributed by atoms with Crippen molar-refractivity contribution in [2.45, 2.75) is 153 Å². The van der Waals surface area contributed by atoms with Crippen LogP contribution < -0.4 is 10.6 Å². The van der Waals surface area contributed by atoms with E-state index in [4.69, 9.17) is 37.9 Å². The molecular weight excluding hydrogens is 724 g/mol. The summed E-state index contributed by atoms with van der Waals surface area (Å²) in [6, 6.07) is 0. The molecule has 2 amide bonds. The second-order valence-corrected chi connectivity index (χ2v) is 19.0. The van der Waals surface area contributed by atoms with E-state index in [1.54, 1.807) is 13.8 Å². The number of rotatable bonds is 28. The number of carbonyl (C=O) groups excluding carboxylic acids is 4. The number of alkyl carbamates (subject to hydrolysis) is 2. The van der Waals surface area contributed by atoms with E-state index in [9.17, 15) is 19.2 Å². The maximum Gasteiger partial charge on any atom is 0.407 e. The quantitative estimate of drug-likeness (QED) is 0.0452. The van der Waals surface area contributed by atoms with Crippen LogP contribution >= 0.6 is 0 Å². The second kappa shape index (κ2) is 24.9. The molecule has 0 heterocycles. The number of amides is 2. The monoisotopic (exact) mass is 805 g/mol. The minimum atomic E-state index is -0.989. The molecule has 0 spiro atoms. The van der Waals surface area contributed by atoms with Crippen LogP contribution in [0.15, 0.2) is 0 Å². The number of nitrogens with one attached hydrogen (secondary N) is 2. The molecule has 0 aliphatic rings. The summed E-state index contributed by atoms with van der Waals surface area (Å²) >= 11 is 0. The van der Waals surface area contributed by atoms with Gasteiger partial charge in [-0.25, -0.2) is 9.59 Å². The Kier molecular flexibility index (Phi) is 23.8. The molecule has 0 aromatic carbocycles. The summed E-state index contributed by atoms with van der Waals surface area (Å²) in [5, 5.41) is 5.25. The zero-order chi connectivity index (χ0) is 43.3. The van der Waals surface area contributed by atoms with Crippen LogP contribution in [0.5, 0.6) is 0 Å². The van der Waals surface area contributed by atoms with Crippen molar-refractivity contribution < 1.29 is 57.1 Å². The van der Waals surface area contributed by atoms with E-state index in [0.717, 1.165) is 12.8 Å². The first kappa shape index (κ1) is 53.3. The number of hydrogen-bond acceptors (Lipinski definition) is 12. The van der Waals surface area contributed by atoms with Crippen molar-refractivity contribution in [3.05, 3.63) is 0 Å². The minimum absolute atomic E-state index is 0.102. The minimum Gasteiger partial charge on any atom is -0.461 e. The predicted octanol–water partition coefficient (Wildman–Crippen LogP) is 7.63. The number of carbonyl (C=O) groups is 4. The lowest BCUT2D eigenvalue weighted by atomic mass is 9.76. The Morgan fingerprint density at radius 3 is 1.46 bits per heavy atom. The lowest BCUT2D eigenvalue weighted by Gasteiger charge is -2.33. The summed E-state index contributed by atoms with van der Waals surface area (Å²) in [6.45, 7) is 31.9. The highest BCUT2D eigenvalue weighted by Crippen LogP contribution is 2.36. The molecule has 0 saturated heterocycles. The third-order valence-electron chi connectivity index (χ3n) is 9.02. The fraction of sp³-hybridized carbons (Fsp3) is 0.905. The Labute approximate surface area is 338 Å². The van der Waals surface area contributed by atoms with E-state index in [-0.39, 0.29) is 75.8 Å². The lowest BCUT2D eigenvalue weighted by molar-refractivity contribution is -0.173. The number of hydrogen-bond donors (Lipinski definition) is 2. The lowest BCUT2D eigenvalue weighted by Crippen LogP contribution is -2.40. The fourth-order valence-electron chi connectivity index (χ4n) is 6.05. The van der Waals surface area contributed by atoms with Gasteiger partial charge in [0.05, 0.1) is 68.3 Å². The molecule has 0 aromatic rings. The molecule has 0 aromatic heterocycles. The highest BCUT2D eigenvalue weighted by Gasteiger charge is 2.38. The van der Waals surface area contributed by atoms with Crippen molar-refractivity contribution >= 4 is 24.1 Å². The van der Waals surface area contributed by atoms with Crippen LogP contribution in [-0.2, 0) is 47.5 Å². The molecule has 1 unspecified atom stereocenters. The summed E-state index contributed by atoms with van der Waals surface area (Å²) in [5.41, 5.74) is -2.40. The summed E-state index contributed by atoms with van der Waals surface area (Å²) in [4.78, 5) is 50.7. The Hall–Kier alpha value is -2.68. The third-order valence-corrected chi connectivity index (χ3v) is 9.02. The molecule has 0 rings (SSSR count). The molecule has 14 nitrogen and oxygen atoms in total. The molecule has 0 saturated carbocycles. The smallest absolute Gasteiger partial charge is 0.407 e. The summed E-state index contributed by atoms with van der Waals surface area (Å²) in [5.74, 6) is -0.893. The number of ether oxygens (including phenoxy) is 8. The van der Waals surface area contributed by atoms with Crippen molar-refractivity contribution in [1.29, 1.82) is 0 Å².